The Morgan fingerprint density at radius 1 is 1.09 bits per heavy atom. The number of anilines is 1. The van der Waals surface area contributed by atoms with Gasteiger partial charge < -0.3 is 4.90 Å². The van der Waals surface area contributed by atoms with Crippen molar-refractivity contribution in [1.29, 1.82) is 0 Å². The van der Waals surface area contributed by atoms with Crippen LogP contribution in [0.3, 0.4) is 0 Å². The molecular formula is C18H17IN2O. The molecule has 1 amide bonds. The number of hydrogen-bond acceptors (Lipinski definition) is 2. The maximum atomic E-state index is 12.8. The number of benzene rings is 2. The van der Waals surface area contributed by atoms with Crippen LogP contribution in [-0.2, 0) is 4.79 Å². The van der Waals surface area contributed by atoms with Crippen molar-refractivity contribution in [2.24, 2.45) is 10.9 Å². The first kappa shape index (κ1) is 15.2. The van der Waals surface area contributed by atoms with Crippen LogP contribution in [0.1, 0.15) is 19.4 Å². The van der Waals surface area contributed by atoms with Crippen LogP contribution in [-0.4, -0.2) is 18.2 Å². The van der Waals surface area contributed by atoms with E-state index in [1.54, 1.807) is 0 Å². The zero-order chi connectivity index (χ0) is 15.7. The summed E-state index contributed by atoms with van der Waals surface area (Å²) in [4.78, 5) is 19.2. The largest absolute Gasteiger partial charge is 0.306 e. The van der Waals surface area contributed by atoms with Gasteiger partial charge in [-0.3, -0.25) is 4.79 Å². The lowest BCUT2D eigenvalue weighted by Crippen LogP contribution is -2.33. The Morgan fingerprint density at radius 2 is 1.77 bits per heavy atom. The smallest absolute Gasteiger partial charge is 0.277 e. The van der Waals surface area contributed by atoms with E-state index in [9.17, 15) is 4.79 Å². The minimum Gasteiger partial charge on any atom is -0.306 e. The van der Waals surface area contributed by atoms with Crippen molar-refractivity contribution in [3.8, 4) is 0 Å². The molecule has 22 heavy (non-hydrogen) atoms. The predicted octanol–water partition coefficient (Wildman–Crippen LogP) is 4.41. The maximum Gasteiger partial charge on any atom is 0.277 e. The molecule has 1 heterocycles. The Labute approximate surface area is 144 Å². The number of carbonyl (C=O) groups excluding carboxylic acids is 1. The van der Waals surface area contributed by atoms with Gasteiger partial charge in [0, 0.05) is 15.7 Å². The van der Waals surface area contributed by atoms with Gasteiger partial charge >= 0.3 is 0 Å². The number of para-hydroxylation sites is 1. The number of halogens is 1. The zero-order valence-electron chi connectivity index (χ0n) is 12.6. The van der Waals surface area contributed by atoms with Crippen LogP contribution in [0.25, 0.3) is 0 Å². The summed E-state index contributed by atoms with van der Waals surface area (Å²) < 4.78 is 1.15. The van der Waals surface area contributed by atoms with Crippen LogP contribution in [0.5, 0.6) is 0 Å². The van der Waals surface area contributed by atoms with E-state index in [-0.39, 0.29) is 5.91 Å². The van der Waals surface area contributed by atoms with E-state index in [4.69, 9.17) is 0 Å². The molecular weight excluding hydrogens is 387 g/mol. The van der Waals surface area contributed by atoms with Gasteiger partial charge in [0.25, 0.3) is 5.91 Å². The predicted molar refractivity (Wildman–Crippen MR) is 99.0 cm³/mol. The summed E-state index contributed by atoms with van der Waals surface area (Å²) in [5, 5.41) is 0. The van der Waals surface area contributed by atoms with Crippen molar-refractivity contribution in [1.82, 2.24) is 0 Å². The van der Waals surface area contributed by atoms with Crippen molar-refractivity contribution >= 4 is 45.6 Å². The fourth-order valence-electron chi connectivity index (χ4n) is 2.56. The minimum atomic E-state index is -0.00606. The van der Waals surface area contributed by atoms with Gasteiger partial charge in [0.05, 0.1) is 11.4 Å². The van der Waals surface area contributed by atoms with E-state index in [0.717, 1.165) is 20.5 Å². The lowest BCUT2D eigenvalue weighted by molar-refractivity contribution is -0.112. The molecule has 112 valence electrons. The summed E-state index contributed by atoms with van der Waals surface area (Å²) >= 11 is 2.26. The fourth-order valence-corrected chi connectivity index (χ4v) is 2.92. The molecule has 0 bridgehead atoms. The number of carbonyl (C=O) groups is 1. The Kier molecular flexibility index (Phi) is 4.29. The van der Waals surface area contributed by atoms with E-state index in [1.807, 2.05) is 53.4 Å². The van der Waals surface area contributed by atoms with Crippen molar-refractivity contribution in [3.05, 3.63) is 57.7 Å². The highest BCUT2D eigenvalue weighted by molar-refractivity contribution is 14.1. The normalized spacial score (nSPS) is 15.7. The van der Waals surface area contributed by atoms with E-state index in [1.165, 1.54) is 0 Å². The zero-order valence-corrected chi connectivity index (χ0v) is 14.7. The Balaban J connectivity index is 2.05. The number of fused-ring (bicyclic) bond motifs is 1. The SMILES string of the molecule is CC(C)CN1C(=O)C(=Nc2ccc(I)cc2)c2ccccc21. The topological polar surface area (TPSA) is 32.7 Å². The molecule has 0 saturated carbocycles. The van der Waals surface area contributed by atoms with Gasteiger partial charge in [-0.15, -0.1) is 0 Å². The van der Waals surface area contributed by atoms with Gasteiger partial charge in [-0.1, -0.05) is 32.0 Å². The molecule has 0 atom stereocenters. The monoisotopic (exact) mass is 404 g/mol. The number of rotatable bonds is 3. The van der Waals surface area contributed by atoms with Crippen LogP contribution in [0.15, 0.2) is 53.5 Å². The first-order valence-corrected chi connectivity index (χ1v) is 8.39. The van der Waals surface area contributed by atoms with Crippen LogP contribution < -0.4 is 4.90 Å². The van der Waals surface area contributed by atoms with E-state index in [2.05, 4.69) is 41.4 Å². The van der Waals surface area contributed by atoms with Crippen LogP contribution in [0.4, 0.5) is 11.4 Å². The van der Waals surface area contributed by atoms with Crippen LogP contribution >= 0.6 is 22.6 Å². The lowest BCUT2D eigenvalue weighted by atomic mass is 10.1. The summed E-state index contributed by atoms with van der Waals surface area (Å²) in [6, 6.07) is 15.8. The lowest BCUT2D eigenvalue weighted by Gasteiger charge is -2.18. The molecule has 2 aromatic rings. The molecule has 0 aliphatic carbocycles. The second kappa shape index (κ2) is 6.20. The third-order valence-corrected chi connectivity index (χ3v) is 4.23. The van der Waals surface area contributed by atoms with Crippen LogP contribution in [0.2, 0.25) is 0 Å². The number of hydrogen-bond donors (Lipinski definition) is 0. The molecule has 2 aromatic carbocycles. The van der Waals surface area contributed by atoms with E-state index >= 15 is 0 Å². The molecule has 1 aliphatic rings. The summed E-state index contributed by atoms with van der Waals surface area (Å²) in [7, 11) is 0. The number of aliphatic imine (C=N–C) groups is 1. The van der Waals surface area contributed by atoms with E-state index < -0.39 is 0 Å². The van der Waals surface area contributed by atoms with Gasteiger partial charge in [-0.2, -0.15) is 0 Å². The number of nitrogens with zero attached hydrogens (tertiary/aromatic N) is 2. The molecule has 0 fully saturated rings. The molecule has 0 unspecified atom stereocenters. The van der Waals surface area contributed by atoms with Gasteiger partial charge in [0.1, 0.15) is 5.71 Å². The Hall–Kier alpha value is -1.69. The molecule has 0 spiro atoms. The van der Waals surface area contributed by atoms with E-state index in [0.29, 0.717) is 18.2 Å². The summed E-state index contributed by atoms with van der Waals surface area (Å²) in [5.74, 6) is 0.406. The molecule has 0 radical (unpaired) electrons. The standard InChI is InChI=1S/C18H17IN2O/c1-12(2)11-21-16-6-4-3-5-15(16)17(18(21)22)20-14-9-7-13(19)8-10-14/h3-10,12H,11H2,1-2H3. The van der Waals surface area contributed by atoms with Gasteiger partial charge in [0.15, 0.2) is 0 Å². The highest BCUT2D eigenvalue weighted by Crippen LogP contribution is 2.31. The molecule has 0 aromatic heterocycles. The van der Waals surface area contributed by atoms with Gasteiger partial charge in [-0.25, -0.2) is 4.99 Å². The highest BCUT2D eigenvalue weighted by Gasteiger charge is 2.33. The first-order valence-electron chi connectivity index (χ1n) is 7.32. The molecule has 1 aliphatic heterocycles. The molecule has 0 N–H and O–H groups in total. The summed E-state index contributed by atoms with van der Waals surface area (Å²) in [6.07, 6.45) is 0. The van der Waals surface area contributed by atoms with Crippen molar-refractivity contribution in [3.63, 3.8) is 0 Å². The summed E-state index contributed by atoms with van der Waals surface area (Å²) in [6.45, 7) is 4.94. The van der Waals surface area contributed by atoms with Crippen molar-refractivity contribution < 1.29 is 4.79 Å². The molecule has 3 rings (SSSR count). The Morgan fingerprint density at radius 3 is 2.45 bits per heavy atom. The van der Waals surface area contributed by atoms with Gasteiger partial charge in [0.2, 0.25) is 0 Å². The first-order chi connectivity index (χ1) is 10.6. The molecule has 4 heteroatoms. The third-order valence-electron chi connectivity index (χ3n) is 3.51. The maximum absolute atomic E-state index is 12.8. The molecule has 0 saturated heterocycles. The third kappa shape index (κ3) is 2.92. The Bertz CT molecular complexity index is 735. The second-order valence-electron chi connectivity index (χ2n) is 5.76. The highest BCUT2D eigenvalue weighted by atomic mass is 127. The fraction of sp³-hybridized carbons (Fsp3) is 0.222. The minimum absolute atomic E-state index is 0.00606. The van der Waals surface area contributed by atoms with Gasteiger partial charge in [-0.05, 0) is 58.8 Å². The molecule has 3 nitrogen and oxygen atoms in total. The van der Waals surface area contributed by atoms with Crippen LogP contribution in [0, 0.1) is 9.49 Å². The second-order valence-corrected chi connectivity index (χ2v) is 7.01. The quantitative estimate of drug-likeness (QED) is 0.698. The summed E-state index contributed by atoms with van der Waals surface area (Å²) in [5.41, 5.74) is 3.24. The average Bonchev–Trinajstić information content (AvgIpc) is 2.75. The number of amides is 1. The van der Waals surface area contributed by atoms with Crippen molar-refractivity contribution in [2.75, 3.05) is 11.4 Å². The average molecular weight is 404 g/mol. The van der Waals surface area contributed by atoms with Crippen molar-refractivity contribution in [2.45, 2.75) is 13.8 Å².